The van der Waals surface area contributed by atoms with Crippen LogP contribution in [0.15, 0.2) is 12.4 Å². The molecule has 1 fully saturated rings. The van der Waals surface area contributed by atoms with Crippen molar-refractivity contribution in [1.29, 1.82) is 0 Å². The van der Waals surface area contributed by atoms with E-state index in [4.69, 9.17) is 5.73 Å². The van der Waals surface area contributed by atoms with Crippen LogP contribution in [0.1, 0.15) is 13.8 Å². The van der Waals surface area contributed by atoms with Crippen LogP contribution in [0.2, 0.25) is 0 Å². The van der Waals surface area contributed by atoms with Crippen molar-refractivity contribution in [2.75, 3.05) is 23.7 Å². The molecule has 0 unspecified atom stereocenters. The summed E-state index contributed by atoms with van der Waals surface area (Å²) in [4.78, 5) is 21.9. The number of nitrogen functional groups attached to an aromatic ring is 1. The predicted molar refractivity (Wildman–Crippen MR) is 60.9 cm³/mol. The van der Waals surface area contributed by atoms with Gasteiger partial charge in [0.2, 0.25) is 11.9 Å². The first-order valence-corrected chi connectivity index (χ1v) is 5.15. The van der Waals surface area contributed by atoms with E-state index < -0.39 is 5.54 Å². The number of hydrogen-bond donors (Lipinski definition) is 2. The van der Waals surface area contributed by atoms with Crippen LogP contribution in [0, 0.1) is 0 Å². The predicted octanol–water partition coefficient (Wildman–Crippen LogP) is -0.226. The summed E-state index contributed by atoms with van der Waals surface area (Å²) in [5, 5.41) is 2.82. The molecule has 1 aliphatic rings. The first-order valence-electron chi connectivity index (χ1n) is 5.15. The molecule has 86 valence electrons. The second-order valence-electron chi connectivity index (χ2n) is 4.28. The molecule has 0 radical (unpaired) electrons. The van der Waals surface area contributed by atoms with E-state index in [2.05, 4.69) is 15.3 Å². The molecular formula is C10H15N5O. The Morgan fingerprint density at radius 1 is 1.44 bits per heavy atom. The Morgan fingerprint density at radius 2 is 2.06 bits per heavy atom. The van der Waals surface area contributed by atoms with Gasteiger partial charge in [-0.1, -0.05) is 0 Å². The molecule has 1 aliphatic heterocycles. The summed E-state index contributed by atoms with van der Waals surface area (Å²) in [5.74, 6) is 0.522. The van der Waals surface area contributed by atoms with E-state index in [1.165, 1.54) is 0 Å². The highest BCUT2D eigenvalue weighted by Crippen LogP contribution is 2.22. The lowest BCUT2D eigenvalue weighted by Crippen LogP contribution is -2.62. The van der Waals surface area contributed by atoms with Crippen LogP contribution >= 0.6 is 0 Å². The highest BCUT2D eigenvalue weighted by atomic mass is 16.2. The molecule has 0 spiro atoms. The molecule has 2 rings (SSSR count). The quantitative estimate of drug-likeness (QED) is 0.684. The van der Waals surface area contributed by atoms with Crippen molar-refractivity contribution < 1.29 is 4.79 Å². The van der Waals surface area contributed by atoms with Gasteiger partial charge in [-0.15, -0.1) is 0 Å². The van der Waals surface area contributed by atoms with Crippen molar-refractivity contribution in [2.24, 2.45) is 0 Å². The minimum absolute atomic E-state index is 0.0147. The van der Waals surface area contributed by atoms with Crippen LogP contribution in [0.3, 0.4) is 0 Å². The van der Waals surface area contributed by atoms with E-state index in [1.54, 1.807) is 12.4 Å². The number of carbonyl (C=O) groups is 1. The van der Waals surface area contributed by atoms with Crippen molar-refractivity contribution in [3.05, 3.63) is 12.4 Å². The molecule has 1 aromatic heterocycles. The van der Waals surface area contributed by atoms with Gasteiger partial charge < -0.3 is 16.0 Å². The number of nitrogens with one attached hydrogen (secondary N) is 1. The summed E-state index contributed by atoms with van der Waals surface area (Å²) in [7, 11) is 0. The normalized spacial score (nSPS) is 19.4. The summed E-state index contributed by atoms with van der Waals surface area (Å²) < 4.78 is 0. The van der Waals surface area contributed by atoms with Crippen LogP contribution < -0.4 is 16.0 Å². The highest BCUT2D eigenvalue weighted by molar-refractivity contribution is 5.89. The smallest absolute Gasteiger partial charge is 0.245 e. The van der Waals surface area contributed by atoms with Crippen LogP contribution in [-0.4, -0.2) is 34.5 Å². The summed E-state index contributed by atoms with van der Waals surface area (Å²) in [6, 6.07) is 0. The van der Waals surface area contributed by atoms with Crippen LogP contribution in [0.5, 0.6) is 0 Å². The van der Waals surface area contributed by atoms with Crippen molar-refractivity contribution in [3.8, 4) is 0 Å². The number of hydrogen-bond acceptors (Lipinski definition) is 5. The van der Waals surface area contributed by atoms with Crippen molar-refractivity contribution in [1.82, 2.24) is 15.3 Å². The largest absolute Gasteiger partial charge is 0.396 e. The molecule has 6 nitrogen and oxygen atoms in total. The standard InChI is InChI=1S/C10H15N5O/c1-10(2)8(16)12-3-4-15(10)9-13-5-7(11)6-14-9/h5-6H,3-4,11H2,1-2H3,(H,12,16). The van der Waals surface area contributed by atoms with Gasteiger partial charge >= 0.3 is 0 Å². The summed E-state index contributed by atoms with van der Waals surface area (Å²) >= 11 is 0. The van der Waals surface area contributed by atoms with E-state index >= 15 is 0 Å². The average molecular weight is 221 g/mol. The average Bonchev–Trinajstić information content (AvgIpc) is 2.24. The molecule has 0 aliphatic carbocycles. The van der Waals surface area contributed by atoms with E-state index in [0.717, 1.165) is 0 Å². The lowest BCUT2D eigenvalue weighted by atomic mass is 10.00. The lowest BCUT2D eigenvalue weighted by Gasteiger charge is -2.41. The second-order valence-corrected chi connectivity index (χ2v) is 4.28. The molecule has 1 aromatic rings. The van der Waals surface area contributed by atoms with Crippen molar-refractivity contribution >= 4 is 17.5 Å². The van der Waals surface area contributed by atoms with Crippen LogP contribution in [-0.2, 0) is 4.79 Å². The molecule has 1 amide bonds. The van der Waals surface area contributed by atoms with E-state index in [9.17, 15) is 4.79 Å². The summed E-state index contributed by atoms with van der Waals surface area (Å²) in [6.45, 7) is 5.00. The van der Waals surface area contributed by atoms with Gasteiger partial charge in [-0.25, -0.2) is 9.97 Å². The fourth-order valence-electron chi connectivity index (χ4n) is 1.72. The molecular weight excluding hydrogens is 206 g/mol. The summed E-state index contributed by atoms with van der Waals surface area (Å²) in [6.07, 6.45) is 3.09. The topological polar surface area (TPSA) is 84.1 Å². The first kappa shape index (κ1) is 10.7. The van der Waals surface area contributed by atoms with Crippen LogP contribution in [0.25, 0.3) is 0 Å². The van der Waals surface area contributed by atoms with Gasteiger partial charge in [-0.05, 0) is 13.8 Å². The third-order valence-corrected chi connectivity index (χ3v) is 2.75. The van der Waals surface area contributed by atoms with Gasteiger partial charge in [0.25, 0.3) is 0 Å². The first-order chi connectivity index (χ1) is 7.51. The Bertz CT molecular complexity index is 400. The third-order valence-electron chi connectivity index (χ3n) is 2.75. The molecule has 6 heteroatoms. The Hall–Kier alpha value is -1.85. The molecule has 0 bridgehead atoms. The minimum Gasteiger partial charge on any atom is -0.396 e. The van der Waals surface area contributed by atoms with E-state index in [1.807, 2.05) is 18.7 Å². The fraction of sp³-hybridized carbons (Fsp3) is 0.500. The SMILES string of the molecule is CC1(C)C(=O)NCCN1c1ncc(N)cn1. The molecule has 2 heterocycles. The van der Waals surface area contributed by atoms with E-state index in [0.29, 0.717) is 24.7 Å². The zero-order valence-corrected chi connectivity index (χ0v) is 9.40. The van der Waals surface area contributed by atoms with E-state index in [-0.39, 0.29) is 5.91 Å². The maximum Gasteiger partial charge on any atom is 0.245 e. The van der Waals surface area contributed by atoms with Gasteiger partial charge in [0.05, 0.1) is 18.1 Å². The number of nitrogens with zero attached hydrogens (tertiary/aromatic N) is 3. The second kappa shape index (κ2) is 3.62. The van der Waals surface area contributed by atoms with Gasteiger partial charge in [0.15, 0.2) is 0 Å². The number of aromatic nitrogens is 2. The molecule has 0 aromatic carbocycles. The molecule has 3 N–H and O–H groups in total. The molecule has 1 saturated heterocycles. The maximum absolute atomic E-state index is 11.7. The zero-order chi connectivity index (χ0) is 11.8. The number of anilines is 2. The Balaban J connectivity index is 2.32. The zero-order valence-electron chi connectivity index (χ0n) is 9.40. The van der Waals surface area contributed by atoms with Gasteiger partial charge in [0.1, 0.15) is 5.54 Å². The fourth-order valence-corrected chi connectivity index (χ4v) is 1.72. The Labute approximate surface area is 93.9 Å². The maximum atomic E-state index is 11.7. The summed E-state index contributed by atoms with van der Waals surface area (Å²) in [5.41, 5.74) is 5.41. The Kier molecular flexibility index (Phi) is 2.41. The third kappa shape index (κ3) is 1.66. The molecule has 0 saturated carbocycles. The number of rotatable bonds is 1. The number of amides is 1. The van der Waals surface area contributed by atoms with Gasteiger partial charge in [-0.3, -0.25) is 4.79 Å². The monoisotopic (exact) mass is 221 g/mol. The van der Waals surface area contributed by atoms with Gasteiger partial charge in [-0.2, -0.15) is 0 Å². The van der Waals surface area contributed by atoms with Gasteiger partial charge in [0, 0.05) is 13.1 Å². The Morgan fingerprint density at radius 3 is 2.69 bits per heavy atom. The minimum atomic E-state index is -0.631. The lowest BCUT2D eigenvalue weighted by molar-refractivity contribution is -0.126. The highest BCUT2D eigenvalue weighted by Gasteiger charge is 2.38. The number of piperazine rings is 1. The van der Waals surface area contributed by atoms with Crippen LogP contribution in [0.4, 0.5) is 11.6 Å². The molecule has 16 heavy (non-hydrogen) atoms. The number of nitrogens with two attached hydrogens (primary N) is 1. The van der Waals surface area contributed by atoms with Crippen molar-refractivity contribution in [2.45, 2.75) is 19.4 Å². The van der Waals surface area contributed by atoms with Crippen molar-refractivity contribution in [3.63, 3.8) is 0 Å². The number of carbonyl (C=O) groups excluding carboxylic acids is 1. The molecule has 0 atom stereocenters.